The zero-order valence-electron chi connectivity index (χ0n) is 6.32. The van der Waals surface area contributed by atoms with Crippen molar-refractivity contribution in [2.75, 3.05) is 0 Å². The van der Waals surface area contributed by atoms with Gasteiger partial charge in [-0.05, 0) is 6.42 Å². The standard InChI is InChI=1S/C6H10N2O4/c7-6(12)8-4(5(10)11)2-1-3-9/h3-4H,1-2H2,(H,10,11)(H3,7,8,12). The van der Waals surface area contributed by atoms with Gasteiger partial charge < -0.3 is 21.0 Å². The van der Waals surface area contributed by atoms with Gasteiger partial charge >= 0.3 is 12.0 Å². The van der Waals surface area contributed by atoms with Crippen molar-refractivity contribution in [3.63, 3.8) is 0 Å². The highest BCUT2D eigenvalue weighted by Gasteiger charge is 2.17. The summed E-state index contributed by atoms with van der Waals surface area (Å²) >= 11 is 0. The summed E-state index contributed by atoms with van der Waals surface area (Å²) in [5.74, 6) is -1.20. The molecule has 2 amide bonds. The topological polar surface area (TPSA) is 109 Å². The molecular formula is C6H10N2O4. The summed E-state index contributed by atoms with van der Waals surface area (Å²) in [5.41, 5.74) is 4.70. The van der Waals surface area contributed by atoms with E-state index in [-0.39, 0.29) is 12.8 Å². The van der Waals surface area contributed by atoms with Crippen molar-refractivity contribution in [1.29, 1.82) is 0 Å². The number of carboxylic acids is 1. The molecule has 0 aliphatic heterocycles. The average molecular weight is 174 g/mol. The van der Waals surface area contributed by atoms with Crippen LogP contribution in [-0.2, 0) is 9.59 Å². The van der Waals surface area contributed by atoms with E-state index in [0.717, 1.165) is 0 Å². The summed E-state index contributed by atoms with van der Waals surface area (Å²) in [5, 5.41) is 10.5. The highest BCUT2D eigenvalue weighted by molar-refractivity contribution is 5.81. The van der Waals surface area contributed by atoms with E-state index in [1.165, 1.54) is 0 Å². The molecule has 0 bridgehead atoms. The number of amides is 2. The number of carbonyl (C=O) groups is 3. The Hall–Kier alpha value is -1.59. The van der Waals surface area contributed by atoms with E-state index >= 15 is 0 Å². The van der Waals surface area contributed by atoms with Crippen molar-refractivity contribution in [3.8, 4) is 0 Å². The van der Waals surface area contributed by atoms with Crippen LogP contribution in [0.15, 0.2) is 0 Å². The third kappa shape index (κ3) is 4.26. The molecule has 0 aromatic heterocycles. The minimum atomic E-state index is -1.20. The molecule has 68 valence electrons. The predicted molar refractivity (Wildman–Crippen MR) is 39.4 cm³/mol. The van der Waals surface area contributed by atoms with Crippen molar-refractivity contribution in [2.24, 2.45) is 5.73 Å². The molecule has 6 nitrogen and oxygen atoms in total. The summed E-state index contributed by atoms with van der Waals surface area (Å²) in [6, 6.07) is -1.99. The van der Waals surface area contributed by atoms with Crippen molar-refractivity contribution in [2.45, 2.75) is 18.9 Å². The third-order valence-corrected chi connectivity index (χ3v) is 1.19. The molecule has 4 N–H and O–H groups in total. The number of nitrogens with one attached hydrogen (secondary N) is 1. The smallest absolute Gasteiger partial charge is 0.326 e. The van der Waals surface area contributed by atoms with Crippen molar-refractivity contribution in [1.82, 2.24) is 5.32 Å². The van der Waals surface area contributed by atoms with E-state index in [1.54, 1.807) is 0 Å². The van der Waals surface area contributed by atoms with Gasteiger partial charge in [-0.25, -0.2) is 9.59 Å². The fourth-order valence-electron chi connectivity index (χ4n) is 0.664. The van der Waals surface area contributed by atoms with Gasteiger partial charge in [0, 0.05) is 6.42 Å². The van der Waals surface area contributed by atoms with Crippen LogP contribution in [0.1, 0.15) is 12.8 Å². The Morgan fingerprint density at radius 2 is 2.17 bits per heavy atom. The number of hydrogen-bond donors (Lipinski definition) is 3. The molecule has 6 heteroatoms. The highest BCUT2D eigenvalue weighted by atomic mass is 16.4. The lowest BCUT2D eigenvalue weighted by Gasteiger charge is -2.10. The van der Waals surface area contributed by atoms with Crippen LogP contribution in [0.2, 0.25) is 0 Å². The molecule has 0 saturated carbocycles. The quantitative estimate of drug-likeness (QED) is 0.468. The summed E-state index contributed by atoms with van der Waals surface area (Å²) < 4.78 is 0. The zero-order valence-corrected chi connectivity index (χ0v) is 6.32. The fourth-order valence-corrected chi connectivity index (χ4v) is 0.664. The van der Waals surface area contributed by atoms with Gasteiger partial charge in [-0.15, -0.1) is 0 Å². The molecule has 12 heavy (non-hydrogen) atoms. The minimum absolute atomic E-state index is 0.0573. The number of primary amides is 1. The molecule has 0 radical (unpaired) electrons. The Labute approximate surface area is 68.7 Å². The lowest BCUT2D eigenvalue weighted by molar-refractivity contribution is -0.139. The Bertz CT molecular complexity index is 192. The molecule has 0 aliphatic rings. The molecule has 0 fully saturated rings. The second kappa shape index (κ2) is 5.11. The number of carboxylic acid groups (broad SMARTS) is 1. The fraction of sp³-hybridized carbons (Fsp3) is 0.500. The van der Waals surface area contributed by atoms with E-state index in [4.69, 9.17) is 10.8 Å². The Morgan fingerprint density at radius 1 is 1.58 bits per heavy atom. The molecule has 0 aromatic rings. The second-order valence-corrected chi connectivity index (χ2v) is 2.14. The largest absolute Gasteiger partial charge is 0.480 e. The van der Waals surface area contributed by atoms with Crippen molar-refractivity contribution in [3.05, 3.63) is 0 Å². The SMILES string of the molecule is NC(=O)NC(CCC=O)C(=O)O. The van der Waals surface area contributed by atoms with Gasteiger partial charge in [0.05, 0.1) is 0 Å². The number of rotatable bonds is 5. The maximum atomic E-state index is 10.4. The highest BCUT2D eigenvalue weighted by Crippen LogP contribution is 1.94. The van der Waals surface area contributed by atoms with Crippen LogP contribution in [0.5, 0.6) is 0 Å². The van der Waals surface area contributed by atoms with Gasteiger partial charge in [0.25, 0.3) is 0 Å². The molecule has 1 unspecified atom stereocenters. The van der Waals surface area contributed by atoms with E-state index in [2.05, 4.69) is 0 Å². The number of aliphatic carboxylic acids is 1. The van der Waals surface area contributed by atoms with Crippen LogP contribution < -0.4 is 11.1 Å². The lowest BCUT2D eigenvalue weighted by Crippen LogP contribution is -2.43. The molecule has 0 saturated heterocycles. The number of carbonyl (C=O) groups excluding carboxylic acids is 2. The lowest BCUT2D eigenvalue weighted by atomic mass is 10.2. The Morgan fingerprint density at radius 3 is 2.50 bits per heavy atom. The first-order valence-electron chi connectivity index (χ1n) is 3.30. The second-order valence-electron chi connectivity index (χ2n) is 2.14. The van der Waals surface area contributed by atoms with Crippen LogP contribution in [-0.4, -0.2) is 29.4 Å². The van der Waals surface area contributed by atoms with Gasteiger partial charge in [0.2, 0.25) is 0 Å². The minimum Gasteiger partial charge on any atom is -0.480 e. The van der Waals surface area contributed by atoms with Gasteiger partial charge in [-0.3, -0.25) is 0 Å². The Kier molecular flexibility index (Phi) is 4.43. The normalized spacial score (nSPS) is 11.7. The summed E-state index contributed by atoms with van der Waals surface area (Å²) in [4.78, 5) is 30.5. The summed E-state index contributed by atoms with van der Waals surface area (Å²) in [6.07, 6.45) is 0.720. The molecule has 0 heterocycles. The number of hydrogen-bond acceptors (Lipinski definition) is 3. The van der Waals surface area contributed by atoms with E-state index in [1.807, 2.05) is 5.32 Å². The molecule has 0 spiro atoms. The van der Waals surface area contributed by atoms with Crippen LogP contribution in [0.25, 0.3) is 0 Å². The van der Waals surface area contributed by atoms with Crippen molar-refractivity contribution >= 4 is 18.3 Å². The van der Waals surface area contributed by atoms with Crippen LogP contribution in [0.3, 0.4) is 0 Å². The zero-order chi connectivity index (χ0) is 9.56. The van der Waals surface area contributed by atoms with Gasteiger partial charge in [0.1, 0.15) is 12.3 Å². The van der Waals surface area contributed by atoms with Crippen LogP contribution in [0, 0.1) is 0 Å². The van der Waals surface area contributed by atoms with Crippen LogP contribution in [0.4, 0.5) is 4.79 Å². The number of nitrogens with two attached hydrogens (primary N) is 1. The summed E-state index contributed by atoms with van der Waals surface area (Å²) in [7, 11) is 0. The Balaban J connectivity index is 3.94. The molecule has 0 aromatic carbocycles. The molecule has 0 aliphatic carbocycles. The van der Waals surface area contributed by atoms with Gasteiger partial charge in [-0.2, -0.15) is 0 Å². The maximum Gasteiger partial charge on any atom is 0.326 e. The van der Waals surface area contributed by atoms with E-state index in [9.17, 15) is 14.4 Å². The van der Waals surface area contributed by atoms with Crippen molar-refractivity contribution < 1.29 is 19.5 Å². The average Bonchev–Trinajstić information content (AvgIpc) is 1.96. The van der Waals surface area contributed by atoms with E-state index < -0.39 is 18.0 Å². The number of aldehydes is 1. The monoisotopic (exact) mass is 174 g/mol. The van der Waals surface area contributed by atoms with Gasteiger partial charge in [-0.1, -0.05) is 0 Å². The third-order valence-electron chi connectivity index (χ3n) is 1.19. The maximum absolute atomic E-state index is 10.4. The first-order valence-corrected chi connectivity index (χ1v) is 3.30. The molecule has 1 atom stereocenters. The predicted octanol–water partition coefficient (Wildman–Crippen LogP) is -0.913. The van der Waals surface area contributed by atoms with E-state index in [0.29, 0.717) is 6.29 Å². The number of urea groups is 1. The van der Waals surface area contributed by atoms with Crippen LogP contribution >= 0.6 is 0 Å². The molecular weight excluding hydrogens is 164 g/mol. The van der Waals surface area contributed by atoms with Gasteiger partial charge in [0.15, 0.2) is 0 Å². The first kappa shape index (κ1) is 10.4. The first-order chi connectivity index (χ1) is 5.57. The molecule has 0 rings (SSSR count). The summed E-state index contributed by atoms with van der Waals surface area (Å²) in [6.45, 7) is 0.